The van der Waals surface area contributed by atoms with Gasteiger partial charge in [0.05, 0.1) is 51.5 Å². The normalized spacial score (nSPS) is 12.2. The van der Waals surface area contributed by atoms with Crippen LogP contribution >= 0.6 is 14.5 Å². The Bertz CT molecular complexity index is 3150. The zero-order valence-corrected chi connectivity index (χ0v) is 47.5. The number of alkyl halides is 6. The summed E-state index contributed by atoms with van der Waals surface area (Å²) >= 11 is 0. The van der Waals surface area contributed by atoms with Crippen LogP contribution in [0.25, 0.3) is 0 Å². The molecule has 0 radical (unpaired) electrons. The smallest absolute Gasteiger partial charge is 0.741 e. The minimum atomic E-state index is -6.09. The Hall–Kier alpha value is -5.34. The number of benzene rings is 8. The third-order valence-electron chi connectivity index (χ3n) is 10.8. The third kappa shape index (κ3) is 16.8. The van der Waals surface area contributed by atoms with Crippen molar-refractivity contribution in [3.63, 3.8) is 0 Å². The topological polar surface area (TPSA) is 183 Å². The fraction of sp³-hybridized carbons (Fsp3) is 0.0741. The molecule has 0 bridgehead atoms. The van der Waals surface area contributed by atoms with E-state index in [0.29, 0.717) is 9.79 Å². The average Bonchev–Trinajstić information content (AvgIpc) is 3.40. The molecular weight excluding hydrogens is 1310 g/mol. The van der Waals surface area contributed by atoms with Crippen LogP contribution in [0.2, 0.25) is 0 Å². The van der Waals surface area contributed by atoms with Crippen LogP contribution in [0.15, 0.2) is 240 Å². The molecule has 8 aromatic carbocycles. The number of aryl methyl sites for hydroxylation is 2. The summed E-state index contributed by atoms with van der Waals surface area (Å²) in [6.07, 6.45) is 0. The van der Waals surface area contributed by atoms with E-state index >= 15 is 0 Å². The summed E-state index contributed by atoms with van der Waals surface area (Å²) in [7, 11) is -24.6. The zero-order chi connectivity index (χ0) is 56.1. The molecule has 0 amide bonds. The van der Waals surface area contributed by atoms with Crippen LogP contribution in [0.3, 0.4) is 0 Å². The fourth-order valence-corrected chi connectivity index (χ4v) is 21.1. The first kappa shape index (κ1) is 64.2. The van der Waals surface area contributed by atoms with Crippen LogP contribution in [-0.4, -0.2) is 53.8 Å². The van der Waals surface area contributed by atoms with E-state index in [4.69, 9.17) is 25.9 Å². The van der Waals surface area contributed by atoms with E-state index in [1.54, 1.807) is 35.3 Å². The first-order valence-corrected chi connectivity index (χ1v) is 31.7. The van der Waals surface area contributed by atoms with Gasteiger partial charge in [0.25, 0.3) is 0 Å². The van der Waals surface area contributed by atoms with Gasteiger partial charge in [-0.15, -0.1) is 0 Å². The van der Waals surface area contributed by atoms with Crippen molar-refractivity contribution in [1.82, 2.24) is 0 Å². The van der Waals surface area contributed by atoms with E-state index in [0.717, 1.165) is 43.0 Å². The van der Waals surface area contributed by atoms with E-state index in [1.165, 1.54) is 0 Å². The first-order chi connectivity index (χ1) is 35.5. The van der Waals surface area contributed by atoms with E-state index in [-0.39, 0.29) is 22.4 Å². The Kier molecular flexibility index (Phi) is 22.5. The van der Waals surface area contributed by atoms with Gasteiger partial charge in [0, 0.05) is 9.79 Å². The molecule has 0 aliphatic carbocycles. The number of halogens is 6. The summed E-state index contributed by atoms with van der Waals surface area (Å²) in [5.41, 5.74) is -6.00. The van der Waals surface area contributed by atoms with Crippen molar-refractivity contribution in [3.05, 3.63) is 253 Å². The largest absolute Gasteiger partial charge is 1.00 e. The molecular formula is C54H46AuF6O10P2S4-. The van der Waals surface area contributed by atoms with Gasteiger partial charge in [-0.2, -0.15) is 26.3 Å². The van der Waals surface area contributed by atoms with Crippen LogP contribution in [0, 0.1) is 24.8 Å². The molecule has 0 fully saturated rings. The van der Waals surface area contributed by atoms with Gasteiger partial charge in [0.2, 0.25) is 0 Å². The maximum atomic E-state index is 13.7. The molecule has 410 valence electrons. The summed E-state index contributed by atoms with van der Waals surface area (Å²) in [6, 6.07) is 74.0. The van der Waals surface area contributed by atoms with Gasteiger partial charge in [-0.05, 0) is 136 Å². The van der Waals surface area contributed by atoms with E-state index in [2.05, 4.69) is 0 Å². The van der Waals surface area contributed by atoms with Gasteiger partial charge >= 0.3 is 33.4 Å². The summed E-state index contributed by atoms with van der Waals surface area (Å²) in [5, 5.41) is 6.07. The Morgan fingerprint density at radius 1 is 0.325 bits per heavy atom. The molecule has 0 atom stereocenters. The van der Waals surface area contributed by atoms with Crippen LogP contribution in [0.5, 0.6) is 0 Å². The molecule has 10 nitrogen and oxygen atoms in total. The molecule has 8 rings (SSSR count). The minimum absolute atomic E-state index is 0. The van der Waals surface area contributed by atoms with Crippen molar-refractivity contribution in [2.75, 3.05) is 0 Å². The molecule has 0 saturated heterocycles. The Morgan fingerprint density at radius 2 is 0.481 bits per heavy atom. The van der Waals surface area contributed by atoms with Gasteiger partial charge in [0.15, 0.2) is 20.2 Å². The number of sulfone groups is 2. The maximum Gasteiger partial charge on any atom is 1.00 e. The van der Waals surface area contributed by atoms with Crippen molar-refractivity contribution in [3.8, 4) is 0 Å². The molecule has 0 N–H and O–H groups in total. The van der Waals surface area contributed by atoms with Crippen LogP contribution in [-0.2, 0) is 62.3 Å². The van der Waals surface area contributed by atoms with Crippen molar-refractivity contribution in [2.24, 2.45) is 0 Å². The van der Waals surface area contributed by atoms with Crippen LogP contribution in [0.4, 0.5) is 26.3 Å². The van der Waals surface area contributed by atoms with Gasteiger partial charge in [0.1, 0.15) is 0 Å². The van der Waals surface area contributed by atoms with Crippen molar-refractivity contribution in [1.29, 1.82) is 0 Å². The Labute approximate surface area is 461 Å². The second-order valence-electron chi connectivity index (χ2n) is 16.2. The SMILES string of the molecule is Cc1ccc(S(=O)(=O)[CH-][P+](c2ccccc2)(c2ccccc2)c2ccccc2)cc1.Cc1ccc(S(=O)(=O)[CH-][P+](c2ccccc2)(c2ccccc2)c2ccccc2)cc1.O=S(=O)([O-])C(F)(F)F.O=S(=O)([O-])C(F)(F)F.[Au+]. The van der Waals surface area contributed by atoms with Gasteiger partial charge < -0.3 is 9.11 Å². The minimum Gasteiger partial charge on any atom is -0.741 e. The summed E-state index contributed by atoms with van der Waals surface area (Å²) in [4.78, 5) is 0.639. The fourth-order valence-electron chi connectivity index (χ4n) is 7.23. The molecule has 0 spiro atoms. The van der Waals surface area contributed by atoms with Gasteiger partial charge in [-0.3, -0.25) is 16.8 Å². The summed E-state index contributed by atoms with van der Waals surface area (Å²) in [5.74, 6) is 0. The van der Waals surface area contributed by atoms with E-state index in [9.17, 15) is 43.2 Å². The quantitative estimate of drug-likeness (QED) is 0.0285. The maximum absolute atomic E-state index is 13.7. The summed E-state index contributed by atoms with van der Waals surface area (Å²) < 4.78 is 172. The molecule has 8 aromatic rings. The summed E-state index contributed by atoms with van der Waals surface area (Å²) in [6.45, 7) is 3.91. The zero-order valence-electron chi connectivity index (χ0n) is 40.3. The molecule has 0 saturated carbocycles. The molecule has 77 heavy (non-hydrogen) atoms. The van der Waals surface area contributed by atoms with Crippen molar-refractivity contribution < 1.29 is 91.5 Å². The molecule has 0 aromatic heterocycles. The Balaban J connectivity index is 0.000000257. The van der Waals surface area contributed by atoms with Gasteiger partial charge in [-0.25, -0.2) is 16.8 Å². The predicted octanol–water partition coefficient (Wildman–Crippen LogP) is 9.86. The number of hydrogen-bond acceptors (Lipinski definition) is 10. The molecule has 0 heterocycles. The van der Waals surface area contributed by atoms with Gasteiger partial charge in [-0.1, -0.05) is 145 Å². The van der Waals surface area contributed by atoms with E-state index < -0.39 is 65.5 Å². The van der Waals surface area contributed by atoms with Crippen molar-refractivity contribution >= 4 is 86.3 Å². The number of rotatable bonds is 12. The predicted molar refractivity (Wildman–Crippen MR) is 287 cm³/mol. The van der Waals surface area contributed by atoms with Crippen molar-refractivity contribution in [2.45, 2.75) is 34.7 Å². The second-order valence-corrected chi connectivity index (χ2v) is 29.7. The number of hydrogen-bond donors (Lipinski definition) is 0. The average molecular weight is 1360 g/mol. The Morgan fingerprint density at radius 3 is 0.623 bits per heavy atom. The third-order valence-corrected chi connectivity index (χ3v) is 25.3. The standard InChI is InChI=1S/2C26H23O2PS.2CHF3O3S.Au/c2*1-22-17-19-26(20-18-22)30(27,28)21-29(23-11-5-2-6-12-23,24-13-7-3-8-14-24)25-15-9-4-10-16-25;2*2-1(3,4)8(5,6)7;/h2*2-21H,1H3;2*(H,5,6,7);/q;;;;+1/p-2. The molecule has 0 aliphatic rings. The monoisotopic (exact) mass is 1360 g/mol. The van der Waals surface area contributed by atoms with Crippen LogP contribution in [0.1, 0.15) is 11.1 Å². The molecule has 0 aliphatic heterocycles. The molecule has 0 unspecified atom stereocenters. The van der Waals surface area contributed by atoms with Crippen LogP contribution < -0.4 is 31.8 Å². The molecule has 23 heteroatoms. The second kappa shape index (κ2) is 27.0. The van der Waals surface area contributed by atoms with E-state index in [1.807, 2.05) is 220 Å². The first-order valence-electron chi connectivity index (χ1n) is 22.1.